The van der Waals surface area contributed by atoms with E-state index in [0.717, 1.165) is 0 Å². The molecule has 1 aliphatic heterocycles. The van der Waals surface area contributed by atoms with Gasteiger partial charge in [0, 0.05) is 31.5 Å². The molecule has 1 fully saturated rings. The van der Waals surface area contributed by atoms with Crippen LogP contribution in [0.1, 0.15) is 19.9 Å². The number of carboxylic acids is 1. The number of anilines is 1. The zero-order valence-corrected chi connectivity index (χ0v) is 9.83. The highest BCUT2D eigenvalue weighted by atomic mass is 16.4. The fourth-order valence-electron chi connectivity index (χ4n) is 1.85. The maximum Gasteiger partial charge on any atom is 0.310 e. The van der Waals surface area contributed by atoms with Gasteiger partial charge in [-0.05, 0) is 13.8 Å². The zero-order chi connectivity index (χ0) is 12.6. The van der Waals surface area contributed by atoms with Crippen LogP contribution >= 0.6 is 0 Å². The van der Waals surface area contributed by atoms with Crippen LogP contribution < -0.4 is 10.5 Å². The molecule has 0 aromatic carbocycles. The maximum atomic E-state index is 12.0. The van der Waals surface area contributed by atoms with Crippen molar-refractivity contribution in [3.05, 3.63) is 22.7 Å². The lowest BCUT2D eigenvalue weighted by Gasteiger charge is -2.37. The molecule has 1 aromatic heterocycles. The molecule has 2 heterocycles. The van der Waals surface area contributed by atoms with Gasteiger partial charge in [-0.1, -0.05) is 0 Å². The molecule has 1 saturated heterocycles. The Labute approximate surface area is 98.5 Å². The summed E-state index contributed by atoms with van der Waals surface area (Å²) in [5.41, 5.74) is -0.161. The number of aliphatic carboxylic acids is 1. The normalized spacial score (nSPS) is 16.1. The molecule has 0 radical (unpaired) electrons. The summed E-state index contributed by atoms with van der Waals surface area (Å²) >= 11 is 0. The Morgan fingerprint density at radius 1 is 1.53 bits per heavy atom. The van der Waals surface area contributed by atoms with E-state index in [0.29, 0.717) is 18.9 Å². The van der Waals surface area contributed by atoms with E-state index in [2.05, 4.69) is 4.98 Å². The molecule has 17 heavy (non-hydrogen) atoms. The second-order valence-electron chi connectivity index (χ2n) is 4.50. The minimum absolute atomic E-state index is 0.0702. The number of carbonyl (C=O) groups is 1. The molecule has 6 heteroatoms. The van der Waals surface area contributed by atoms with Crippen molar-refractivity contribution in [2.45, 2.75) is 19.9 Å². The van der Waals surface area contributed by atoms with Gasteiger partial charge in [-0.15, -0.1) is 0 Å². The van der Waals surface area contributed by atoms with E-state index in [4.69, 9.17) is 5.11 Å². The first-order valence-corrected chi connectivity index (χ1v) is 5.55. The molecule has 0 atom stereocenters. The summed E-state index contributed by atoms with van der Waals surface area (Å²) in [4.78, 5) is 28.5. The number of hydrogen-bond donors (Lipinski definition) is 1. The molecule has 2 rings (SSSR count). The topological polar surface area (TPSA) is 75.4 Å². The highest BCUT2D eigenvalue weighted by Gasteiger charge is 2.34. The molecule has 0 spiro atoms. The molecule has 0 saturated carbocycles. The maximum absolute atomic E-state index is 12.0. The van der Waals surface area contributed by atoms with Gasteiger partial charge in [0.05, 0.1) is 5.92 Å². The van der Waals surface area contributed by atoms with Crippen molar-refractivity contribution < 1.29 is 9.90 Å². The van der Waals surface area contributed by atoms with E-state index in [9.17, 15) is 9.59 Å². The van der Waals surface area contributed by atoms with Crippen LogP contribution in [-0.4, -0.2) is 33.7 Å². The predicted octanol–water partition coefficient (Wildman–Crippen LogP) is 0.345. The molecular weight excluding hydrogens is 222 g/mol. The third-order valence-electron chi connectivity index (χ3n) is 2.94. The highest BCUT2D eigenvalue weighted by Crippen LogP contribution is 2.20. The summed E-state index contributed by atoms with van der Waals surface area (Å²) in [5.74, 6) is -0.857. The van der Waals surface area contributed by atoms with Gasteiger partial charge < -0.3 is 14.6 Å². The summed E-state index contributed by atoms with van der Waals surface area (Å²) in [6.07, 6.45) is 3.22. The minimum atomic E-state index is -0.818. The molecule has 1 aliphatic rings. The molecule has 6 nitrogen and oxygen atoms in total. The van der Waals surface area contributed by atoms with Crippen molar-refractivity contribution in [1.82, 2.24) is 9.55 Å². The number of rotatable bonds is 3. The van der Waals surface area contributed by atoms with E-state index in [1.807, 2.05) is 13.8 Å². The van der Waals surface area contributed by atoms with Gasteiger partial charge in [-0.25, -0.2) is 4.98 Å². The van der Waals surface area contributed by atoms with Gasteiger partial charge in [0.25, 0.3) is 5.56 Å². The number of nitrogens with zero attached hydrogens (tertiary/aromatic N) is 3. The van der Waals surface area contributed by atoms with Crippen LogP contribution in [0.2, 0.25) is 0 Å². The van der Waals surface area contributed by atoms with E-state index in [1.165, 1.54) is 0 Å². The first-order valence-electron chi connectivity index (χ1n) is 5.55. The molecule has 0 unspecified atom stereocenters. The standard InChI is InChI=1S/C11H15N3O3/c1-7(2)14-4-3-12-9(10(14)15)13-5-8(6-13)11(16)17/h3-4,7-8H,5-6H2,1-2H3,(H,16,17). The molecular formula is C11H15N3O3. The first kappa shape index (κ1) is 11.6. The van der Waals surface area contributed by atoms with Gasteiger partial charge >= 0.3 is 5.97 Å². The fourth-order valence-corrected chi connectivity index (χ4v) is 1.85. The van der Waals surface area contributed by atoms with Gasteiger partial charge in [-0.3, -0.25) is 9.59 Å². The van der Waals surface area contributed by atoms with Crippen LogP contribution in [0.5, 0.6) is 0 Å². The van der Waals surface area contributed by atoms with Gasteiger partial charge in [0.15, 0.2) is 5.82 Å². The Morgan fingerprint density at radius 2 is 2.18 bits per heavy atom. The Bertz CT molecular complexity index is 489. The third-order valence-corrected chi connectivity index (χ3v) is 2.94. The quantitative estimate of drug-likeness (QED) is 0.820. The zero-order valence-electron chi connectivity index (χ0n) is 9.83. The van der Waals surface area contributed by atoms with Crippen LogP contribution in [0, 0.1) is 5.92 Å². The lowest BCUT2D eigenvalue weighted by molar-refractivity contribution is -0.142. The smallest absolute Gasteiger partial charge is 0.310 e. The van der Waals surface area contributed by atoms with Crippen molar-refractivity contribution in [3.8, 4) is 0 Å². The van der Waals surface area contributed by atoms with Gasteiger partial charge in [0.1, 0.15) is 0 Å². The Kier molecular flexibility index (Phi) is 2.87. The van der Waals surface area contributed by atoms with E-state index in [-0.39, 0.29) is 17.5 Å². The summed E-state index contributed by atoms with van der Waals surface area (Å²) in [6, 6.07) is 0.0702. The second kappa shape index (κ2) is 4.20. The molecule has 1 N–H and O–H groups in total. The summed E-state index contributed by atoms with van der Waals surface area (Å²) in [7, 11) is 0. The average molecular weight is 237 g/mol. The molecule has 92 valence electrons. The van der Waals surface area contributed by atoms with Crippen molar-refractivity contribution >= 4 is 11.8 Å². The summed E-state index contributed by atoms with van der Waals surface area (Å²) in [5, 5.41) is 8.78. The van der Waals surface area contributed by atoms with Crippen LogP contribution in [-0.2, 0) is 4.79 Å². The molecule has 0 amide bonds. The lowest BCUT2D eigenvalue weighted by Crippen LogP contribution is -2.53. The van der Waals surface area contributed by atoms with Crippen molar-refractivity contribution in [2.24, 2.45) is 5.92 Å². The largest absolute Gasteiger partial charge is 0.481 e. The molecule has 0 bridgehead atoms. The SMILES string of the molecule is CC(C)n1ccnc(N2CC(C(=O)O)C2)c1=O. The van der Waals surface area contributed by atoms with Crippen molar-refractivity contribution in [1.29, 1.82) is 0 Å². The second-order valence-corrected chi connectivity index (χ2v) is 4.50. The highest BCUT2D eigenvalue weighted by molar-refractivity contribution is 5.74. The van der Waals surface area contributed by atoms with Gasteiger partial charge in [-0.2, -0.15) is 0 Å². The number of aromatic nitrogens is 2. The number of hydrogen-bond acceptors (Lipinski definition) is 4. The predicted molar refractivity (Wildman–Crippen MR) is 62.2 cm³/mol. The third kappa shape index (κ3) is 2.02. The fraction of sp³-hybridized carbons (Fsp3) is 0.545. The lowest BCUT2D eigenvalue weighted by atomic mass is 10.0. The van der Waals surface area contributed by atoms with Gasteiger partial charge in [0.2, 0.25) is 0 Å². The molecule has 1 aromatic rings. The van der Waals surface area contributed by atoms with Crippen LogP contribution in [0.3, 0.4) is 0 Å². The summed E-state index contributed by atoms with van der Waals surface area (Å²) in [6.45, 7) is 4.56. The first-order chi connectivity index (χ1) is 8.00. The van der Waals surface area contributed by atoms with E-state index in [1.54, 1.807) is 21.9 Å². The van der Waals surface area contributed by atoms with E-state index < -0.39 is 5.97 Å². The Morgan fingerprint density at radius 3 is 2.71 bits per heavy atom. The van der Waals surface area contributed by atoms with Crippen molar-refractivity contribution in [2.75, 3.05) is 18.0 Å². The van der Waals surface area contributed by atoms with Crippen LogP contribution in [0.4, 0.5) is 5.82 Å². The molecule has 0 aliphatic carbocycles. The minimum Gasteiger partial charge on any atom is -0.481 e. The number of carboxylic acid groups (broad SMARTS) is 1. The van der Waals surface area contributed by atoms with Crippen LogP contribution in [0.15, 0.2) is 17.2 Å². The Balaban J connectivity index is 2.22. The summed E-state index contributed by atoms with van der Waals surface area (Å²) < 4.78 is 1.59. The van der Waals surface area contributed by atoms with Crippen LogP contribution in [0.25, 0.3) is 0 Å². The van der Waals surface area contributed by atoms with Crippen molar-refractivity contribution in [3.63, 3.8) is 0 Å². The Hall–Kier alpha value is -1.85. The monoisotopic (exact) mass is 237 g/mol. The average Bonchev–Trinajstić information content (AvgIpc) is 2.17. The van der Waals surface area contributed by atoms with E-state index >= 15 is 0 Å².